The third-order valence-corrected chi connectivity index (χ3v) is 5.30. The van der Waals surface area contributed by atoms with E-state index >= 15 is 0 Å². The van der Waals surface area contributed by atoms with Gasteiger partial charge in [0.2, 0.25) is 17.6 Å². The van der Waals surface area contributed by atoms with Crippen LogP contribution in [0.3, 0.4) is 0 Å². The van der Waals surface area contributed by atoms with Gasteiger partial charge in [-0.05, 0) is 43.7 Å². The summed E-state index contributed by atoms with van der Waals surface area (Å²) in [7, 11) is 0. The number of carbonyl (C=O) groups excluding carboxylic acids is 1. The zero-order chi connectivity index (χ0) is 21.1. The highest BCUT2D eigenvalue weighted by Gasteiger charge is 2.17. The number of nitrogens with one attached hydrogen (secondary N) is 1. The molecule has 0 bridgehead atoms. The minimum Gasteiger partial charge on any atom is -0.344 e. The SMILES string of the molecule is Cc1nc(-c2ccc(CC(=O)NC(C)c3nc(-c4ccc(F)cc4)no3)cc2)cs1. The van der Waals surface area contributed by atoms with Crippen molar-refractivity contribution < 1.29 is 13.7 Å². The summed E-state index contributed by atoms with van der Waals surface area (Å²) in [4.78, 5) is 21.2. The summed E-state index contributed by atoms with van der Waals surface area (Å²) in [6.45, 7) is 3.74. The zero-order valence-electron chi connectivity index (χ0n) is 16.4. The first-order chi connectivity index (χ1) is 14.5. The summed E-state index contributed by atoms with van der Waals surface area (Å²) in [6, 6.07) is 13.1. The van der Waals surface area contributed by atoms with Crippen LogP contribution >= 0.6 is 11.3 Å². The Bertz CT molecular complexity index is 1150. The average molecular weight is 422 g/mol. The van der Waals surface area contributed by atoms with E-state index < -0.39 is 6.04 Å². The van der Waals surface area contributed by atoms with Gasteiger partial charge in [0.25, 0.3) is 0 Å². The van der Waals surface area contributed by atoms with Crippen LogP contribution in [0.5, 0.6) is 0 Å². The van der Waals surface area contributed by atoms with Gasteiger partial charge < -0.3 is 9.84 Å². The predicted molar refractivity (Wildman–Crippen MR) is 112 cm³/mol. The highest BCUT2D eigenvalue weighted by Crippen LogP contribution is 2.22. The smallest absolute Gasteiger partial charge is 0.249 e. The molecule has 30 heavy (non-hydrogen) atoms. The fraction of sp³-hybridized carbons (Fsp3) is 0.182. The Balaban J connectivity index is 1.36. The molecule has 0 radical (unpaired) electrons. The van der Waals surface area contributed by atoms with E-state index in [9.17, 15) is 9.18 Å². The van der Waals surface area contributed by atoms with E-state index in [0.29, 0.717) is 11.4 Å². The molecule has 1 unspecified atom stereocenters. The van der Waals surface area contributed by atoms with Crippen molar-refractivity contribution in [3.63, 3.8) is 0 Å². The number of hydrogen-bond acceptors (Lipinski definition) is 6. The van der Waals surface area contributed by atoms with Crippen molar-refractivity contribution in [1.82, 2.24) is 20.4 Å². The van der Waals surface area contributed by atoms with E-state index in [2.05, 4.69) is 20.4 Å². The second-order valence-electron chi connectivity index (χ2n) is 6.88. The van der Waals surface area contributed by atoms with Gasteiger partial charge in [-0.2, -0.15) is 4.98 Å². The van der Waals surface area contributed by atoms with Crippen LogP contribution in [0, 0.1) is 12.7 Å². The molecule has 0 aliphatic rings. The van der Waals surface area contributed by atoms with Gasteiger partial charge >= 0.3 is 0 Å². The number of carbonyl (C=O) groups is 1. The number of aromatic nitrogens is 3. The highest BCUT2D eigenvalue weighted by atomic mass is 32.1. The summed E-state index contributed by atoms with van der Waals surface area (Å²) >= 11 is 1.61. The van der Waals surface area contributed by atoms with Crippen LogP contribution in [0.2, 0.25) is 0 Å². The number of halogens is 1. The molecule has 2 aromatic heterocycles. The van der Waals surface area contributed by atoms with E-state index in [4.69, 9.17) is 4.52 Å². The average Bonchev–Trinajstić information content (AvgIpc) is 3.39. The van der Waals surface area contributed by atoms with E-state index in [1.54, 1.807) is 30.4 Å². The Kier molecular flexibility index (Phi) is 5.67. The number of rotatable bonds is 6. The van der Waals surface area contributed by atoms with Gasteiger partial charge in [0.05, 0.1) is 17.1 Å². The van der Waals surface area contributed by atoms with Crippen molar-refractivity contribution in [3.8, 4) is 22.6 Å². The Morgan fingerprint density at radius 1 is 1.10 bits per heavy atom. The molecule has 4 aromatic rings. The number of aryl methyl sites for hydroxylation is 1. The summed E-state index contributed by atoms with van der Waals surface area (Å²) in [5.74, 6) is 0.148. The maximum absolute atomic E-state index is 13.1. The standard InChI is InChI=1S/C22H19FN4O2S/c1-13(22-26-21(27-29-22)17-7-9-18(23)10-8-17)24-20(28)11-15-3-5-16(6-4-15)19-12-30-14(2)25-19/h3-10,12-13H,11H2,1-2H3,(H,24,28). The lowest BCUT2D eigenvalue weighted by Gasteiger charge is -2.10. The summed E-state index contributed by atoms with van der Waals surface area (Å²) < 4.78 is 18.3. The molecule has 2 heterocycles. The van der Waals surface area contributed by atoms with Gasteiger partial charge in [-0.3, -0.25) is 4.79 Å². The van der Waals surface area contributed by atoms with Crippen molar-refractivity contribution in [1.29, 1.82) is 0 Å². The number of nitrogens with zero attached hydrogens (tertiary/aromatic N) is 3. The molecule has 0 aliphatic carbocycles. The lowest BCUT2D eigenvalue weighted by molar-refractivity contribution is -0.121. The molecule has 1 N–H and O–H groups in total. The van der Waals surface area contributed by atoms with Gasteiger partial charge in [-0.1, -0.05) is 29.4 Å². The van der Waals surface area contributed by atoms with Crippen molar-refractivity contribution in [2.24, 2.45) is 0 Å². The fourth-order valence-electron chi connectivity index (χ4n) is 2.96. The highest BCUT2D eigenvalue weighted by molar-refractivity contribution is 7.09. The monoisotopic (exact) mass is 422 g/mol. The topological polar surface area (TPSA) is 80.9 Å². The Hall–Kier alpha value is -3.39. The molecule has 0 spiro atoms. The molecule has 0 saturated heterocycles. The molecular weight excluding hydrogens is 403 g/mol. The number of benzene rings is 2. The van der Waals surface area contributed by atoms with E-state index in [0.717, 1.165) is 21.8 Å². The largest absolute Gasteiger partial charge is 0.344 e. The van der Waals surface area contributed by atoms with Gasteiger partial charge in [0.15, 0.2) is 0 Å². The lowest BCUT2D eigenvalue weighted by atomic mass is 10.1. The normalized spacial score (nSPS) is 12.0. The number of thiazole rings is 1. The summed E-state index contributed by atoms with van der Waals surface area (Å²) in [5.41, 5.74) is 3.50. The Morgan fingerprint density at radius 3 is 2.47 bits per heavy atom. The maximum Gasteiger partial charge on any atom is 0.249 e. The van der Waals surface area contributed by atoms with E-state index in [-0.39, 0.29) is 24.0 Å². The second kappa shape index (κ2) is 8.54. The molecule has 6 nitrogen and oxygen atoms in total. The van der Waals surface area contributed by atoms with E-state index in [1.807, 2.05) is 36.6 Å². The molecule has 4 rings (SSSR count). The summed E-state index contributed by atoms with van der Waals surface area (Å²) in [6.07, 6.45) is 0.236. The zero-order valence-corrected chi connectivity index (χ0v) is 17.2. The third kappa shape index (κ3) is 4.60. The Morgan fingerprint density at radius 2 is 1.80 bits per heavy atom. The molecule has 0 aliphatic heterocycles. The molecule has 1 atom stereocenters. The van der Waals surface area contributed by atoms with Crippen molar-refractivity contribution in [2.45, 2.75) is 26.3 Å². The molecular formula is C22H19FN4O2S. The van der Waals surface area contributed by atoms with Crippen LogP contribution in [0.15, 0.2) is 58.4 Å². The number of hydrogen-bond donors (Lipinski definition) is 1. The van der Waals surface area contributed by atoms with Crippen LogP contribution in [-0.4, -0.2) is 21.0 Å². The van der Waals surface area contributed by atoms with Crippen LogP contribution < -0.4 is 5.32 Å². The number of amides is 1. The Labute approximate surface area is 176 Å². The minimum atomic E-state index is -0.448. The van der Waals surface area contributed by atoms with Crippen LogP contribution in [0.1, 0.15) is 29.4 Å². The minimum absolute atomic E-state index is 0.152. The van der Waals surface area contributed by atoms with Crippen molar-refractivity contribution in [2.75, 3.05) is 0 Å². The van der Waals surface area contributed by atoms with Crippen LogP contribution in [-0.2, 0) is 11.2 Å². The third-order valence-electron chi connectivity index (χ3n) is 4.53. The fourth-order valence-corrected chi connectivity index (χ4v) is 3.58. The molecule has 1 amide bonds. The summed E-state index contributed by atoms with van der Waals surface area (Å²) in [5, 5.41) is 9.80. The molecule has 0 fully saturated rings. The lowest BCUT2D eigenvalue weighted by Crippen LogP contribution is -2.28. The molecule has 0 saturated carbocycles. The second-order valence-corrected chi connectivity index (χ2v) is 7.94. The first-order valence-electron chi connectivity index (χ1n) is 9.38. The quantitative estimate of drug-likeness (QED) is 0.486. The molecule has 8 heteroatoms. The van der Waals surface area contributed by atoms with Crippen LogP contribution in [0.4, 0.5) is 4.39 Å². The van der Waals surface area contributed by atoms with Gasteiger partial charge in [-0.25, -0.2) is 9.37 Å². The van der Waals surface area contributed by atoms with Gasteiger partial charge in [-0.15, -0.1) is 11.3 Å². The van der Waals surface area contributed by atoms with Gasteiger partial charge in [0.1, 0.15) is 11.9 Å². The first-order valence-corrected chi connectivity index (χ1v) is 10.3. The first kappa shape index (κ1) is 19.9. The van der Waals surface area contributed by atoms with Crippen LogP contribution in [0.25, 0.3) is 22.6 Å². The van der Waals surface area contributed by atoms with E-state index in [1.165, 1.54) is 12.1 Å². The van der Waals surface area contributed by atoms with Gasteiger partial charge in [0, 0.05) is 16.5 Å². The van der Waals surface area contributed by atoms with Crippen molar-refractivity contribution >= 4 is 17.2 Å². The predicted octanol–water partition coefficient (Wildman–Crippen LogP) is 4.73. The maximum atomic E-state index is 13.1. The molecule has 152 valence electrons. The molecule has 2 aromatic carbocycles. The van der Waals surface area contributed by atoms with Crippen molar-refractivity contribution in [3.05, 3.63) is 76.2 Å².